The van der Waals surface area contributed by atoms with E-state index in [9.17, 15) is 4.79 Å². The summed E-state index contributed by atoms with van der Waals surface area (Å²) in [7, 11) is 0. The van der Waals surface area contributed by atoms with Crippen LogP contribution in [0.1, 0.15) is 25.7 Å². The lowest BCUT2D eigenvalue weighted by Crippen LogP contribution is -2.50. The number of para-hydroxylation sites is 2. The molecule has 1 amide bonds. The molecule has 5 heteroatoms. The van der Waals surface area contributed by atoms with E-state index in [-0.39, 0.29) is 11.3 Å². The number of nitrogens with one attached hydrogen (secondary N) is 1. The Bertz CT molecular complexity index is 624. The lowest BCUT2D eigenvalue weighted by molar-refractivity contribution is -0.135. The number of amides is 1. The van der Waals surface area contributed by atoms with Crippen molar-refractivity contribution in [3.05, 3.63) is 30.6 Å². The molecule has 0 bridgehead atoms. The Balaban J connectivity index is 1.49. The fraction of sp³-hybridized carbons (Fsp3) is 0.500. The van der Waals surface area contributed by atoms with Gasteiger partial charge in [-0.1, -0.05) is 18.6 Å². The second-order valence-electron chi connectivity index (χ2n) is 5.87. The van der Waals surface area contributed by atoms with E-state index < -0.39 is 0 Å². The largest absolute Gasteiger partial charge is 0.356 e. The molecule has 21 heavy (non-hydrogen) atoms. The van der Waals surface area contributed by atoms with E-state index >= 15 is 0 Å². The zero-order valence-electron chi connectivity index (χ0n) is 12.2. The number of carbonyl (C=O) groups is 1. The Morgan fingerprint density at radius 2 is 2.19 bits per heavy atom. The number of benzene rings is 1. The number of hydrogen-bond donors (Lipinski definition) is 2. The minimum Gasteiger partial charge on any atom is -0.356 e. The molecule has 1 saturated carbocycles. The van der Waals surface area contributed by atoms with E-state index in [0.717, 1.165) is 43.3 Å². The molecule has 0 spiro atoms. The first-order valence-corrected chi connectivity index (χ1v) is 7.63. The van der Waals surface area contributed by atoms with Gasteiger partial charge < -0.3 is 15.6 Å². The van der Waals surface area contributed by atoms with E-state index in [4.69, 9.17) is 5.73 Å². The standard InChI is InChI=1S/C16H22N4O/c17-11-16(7-3-8-16)15(21)18-9-4-10-20-12-19-13-5-1-2-6-14(13)20/h1-2,5-6,12H,3-4,7-11,17H2,(H,18,21). The van der Waals surface area contributed by atoms with Gasteiger partial charge in [-0.05, 0) is 31.4 Å². The average molecular weight is 286 g/mol. The number of aryl methyl sites for hydroxylation is 1. The molecule has 1 aromatic carbocycles. The van der Waals surface area contributed by atoms with Gasteiger partial charge in [-0.25, -0.2) is 4.98 Å². The quantitative estimate of drug-likeness (QED) is 0.793. The van der Waals surface area contributed by atoms with Crippen molar-refractivity contribution in [1.29, 1.82) is 0 Å². The first kappa shape index (κ1) is 14.1. The molecule has 0 unspecified atom stereocenters. The molecular formula is C16H22N4O. The topological polar surface area (TPSA) is 72.9 Å². The number of nitrogens with two attached hydrogens (primary N) is 1. The van der Waals surface area contributed by atoms with Crippen LogP contribution in [-0.4, -0.2) is 28.5 Å². The number of carbonyl (C=O) groups excluding carboxylic acids is 1. The highest BCUT2D eigenvalue weighted by Crippen LogP contribution is 2.39. The second kappa shape index (κ2) is 5.85. The van der Waals surface area contributed by atoms with Crippen molar-refractivity contribution in [2.75, 3.05) is 13.1 Å². The van der Waals surface area contributed by atoms with Crippen molar-refractivity contribution in [3.8, 4) is 0 Å². The van der Waals surface area contributed by atoms with Crippen molar-refractivity contribution in [2.45, 2.75) is 32.2 Å². The van der Waals surface area contributed by atoms with Crippen LogP contribution in [0.3, 0.4) is 0 Å². The normalized spacial score (nSPS) is 16.6. The van der Waals surface area contributed by atoms with E-state index in [1.165, 1.54) is 0 Å². The maximum absolute atomic E-state index is 12.1. The van der Waals surface area contributed by atoms with Crippen LogP contribution in [0.5, 0.6) is 0 Å². The molecule has 3 rings (SSSR count). The van der Waals surface area contributed by atoms with Crippen molar-refractivity contribution in [3.63, 3.8) is 0 Å². The lowest BCUT2D eigenvalue weighted by Gasteiger charge is -2.39. The zero-order chi connectivity index (χ0) is 14.7. The second-order valence-corrected chi connectivity index (χ2v) is 5.87. The van der Waals surface area contributed by atoms with Gasteiger partial charge in [0.25, 0.3) is 0 Å². The van der Waals surface area contributed by atoms with E-state index in [2.05, 4.69) is 20.9 Å². The van der Waals surface area contributed by atoms with Gasteiger partial charge in [0.1, 0.15) is 0 Å². The Kier molecular flexibility index (Phi) is 3.92. The van der Waals surface area contributed by atoms with E-state index in [0.29, 0.717) is 13.1 Å². The van der Waals surface area contributed by atoms with Crippen LogP contribution < -0.4 is 11.1 Å². The Morgan fingerprint density at radius 3 is 2.90 bits per heavy atom. The zero-order valence-corrected chi connectivity index (χ0v) is 12.2. The van der Waals surface area contributed by atoms with Crippen LogP contribution in [0.15, 0.2) is 30.6 Å². The highest BCUT2D eigenvalue weighted by molar-refractivity contribution is 5.83. The first-order valence-electron chi connectivity index (χ1n) is 7.63. The molecule has 1 aliphatic carbocycles. The molecule has 0 aliphatic heterocycles. The molecule has 0 radical (unpaired) electrons. The van der Waals surface area contributed by atoms with Crippen LogP contribution in [0, 0.1) is 5.41 Å². The summed E-state index contributed by atoms with van der Waals surface area (Å²) >= 11 is 0. The minimum atomic E-state index is -0.276. The minimum absolute atomic E-state index is 0.131. The fourth-order valence-corrected chi connectivity index (χ4v) is 2.95. The van der Waals surface area contributed by atoms with Crippen molar-refractivity contribution in [2.24, 2.45) is 11.1 Å². The Hall–Kier alpha value is -1.88. The third kappa shape index (κ3) is 2.65. The molecule has 5 nitrogen and oxygen atoms in total. The number of rotatable bonds is 6. The predicted octanol–water partition coefficient (Wildman–Crippen LogP) is 1.67. The summed E-state index contributed by atoms with van der Waals surface area (Å²) in [5.74, 6) is 0.131. The van der Waals surface area contributed by atoms with E-state index in [1.807, 2.05) is 24.5 Å². The third-order valence-electron chi connectivity index (χ3n) is 4.57. The molecule has 2 aromatic rings. The van der Waals surface area contributed by atoms with Crippen LogP contribution >= 0.6 is 0 Å². The van der Waals surface area contributed by atoms with Gasteiger partial charge in [0.2, 0.25) is 5.91 Å². The van der Waals surface area contributed by atoms with Crippen molar-refractivity contribution >= 4 is 16.9 Å². The summed E-state index contributed by atoms with van der Waals surface area (Å²) in [6.07, 6.45) is 5.74. The third-order valence-corrected chi connectivity index (χ3v) is 4.57. The molecule has 0 atom stereocenters. The summed E-state index contributed by atoms with van der Waals surface area (Å²) in [5, 5.41) is 3.03. The maximum atomic E-state index is 12.1. The summed E-state index contributed by atoms with van der Waals surface area (Å²) in [6.45, 7) is 2.01. The number of fused-ring (bicyclic) bond motifs is 1. The van der Waals surface area contributed by atoms with Gasteiger partial charge in [-0.2, -0.15) is 0 Å². The number of hydrogen-bond acceptors (Lipinski definition) is 3. The van der Waals surface area contributed by atoms with E-state index in [1.54, 1.807) is 0 Å². The van der Waals surface area contributed by atoms with Gasteiger partial charge in [-0.15, -0.1) is 0 Å². The summed E-state index contributed by atoms with van der Waals surface area (Å²) in [4.78, 5) is 16.5. The average Bonchev–Trinajstić information content (AvgIpc) is 2.86. The van der Waals surface area contributed by atoms with Crippen molar-refractivity contribution in [1.82, 2.24) is 14.9 Å². The molecular weight excluding hydrogens is 264 g/mol. The summed E-state index contributed by atoms with van der Waals surface area (Å²) in [6, 6.07) is 8.09. The highest BCUT2D eigenvalue weighted by atomic mass is 16.2. The van der Waals surface area contributed by atoms with Gasteiger partial charge in [0, 0.05) is 19.6 Å². The van der Waals surface area contributed by atoms with Crippen LogP contribution in [0.2, 0.25) is 0 Å². The molecule has 1 aliphatic rings. The fourth-order valence-electron chi connectivity index (χ4n) is 2.95. The summed E-state index contributed by atoms with van der Waals surface area (Å²) in [5.41, 5.74) is 7.62. The maximum Gasteiger partial charge on any atom is 0.227 e. The highest BCUT2D eigenvalue weighted by Gasteiger charge is 2.42. The first-order chi connectivity index (χ1) is 10.2. The molecule has 112 valence electrons. The van der Waals surface area contributed by atoms with Crippen molar-refractivity contribution < 1.29 is 4.79 Å². The SMILES string of the molecule is NCC1(C(=O)NCCCn2cnc3ccccc32)CCC1. The molecule has 1 aromatic heterocycles. The smallest absolute Gasteiger partial charge is 0.227 e. The van der Waals surface area contributed by atoms with Crippen LogP contribution in [-0.2, 0) is 11.3 Å². The Labute approximate surface area is 124 Å². The van der Waals surface area contributed by atoms with Gasteiger partial charge in [0.05, 0.1) is 22.8 Å². The molecule has 1 heterocycles. The molecule has 1 fully saturated rings. The number of aromatic nitrogens is 2. The van der Waals surface area contributed by atoms with Gasteiger partial charge in [0.15, 0.2) is 0 Å². The summed E-state index contributed by atoms with van der Waals surface area (Å²) < 4.78 is 2.13. The van der Waals surface area contributed by atoms with Crippen LogP contribution in [0.25, 0.3) is 11.0 Å². The molecule has 0 saturated heterocycles. The van der Waals surface area contributed by atoms with Gasteiger partial charge >= 0.3 is 0 Å². The Morgan fingerprint density at radius 1 is 1.38 bits per heavy atom. The number of nitrogens with zero attached hydrogens (tertiary/aromatic N) is 2. The van der Waals surface area contributed by atoms with Crippen LogP contribution in [0.4, 0.5) is 0 Å². The molecule has 3 N–H and O–H groups in total. The monoisotopic (exact) mass is 286 g/mol. The lowest BCUT2D eigenvalue weighted by atomic mass is 9.68. The van der Waals surface area contributed by atoms with Gasteiger partial charge in [-0.3, -0.25) is 4.79 Å². The number of imidazole rings is 1. The predicted molar refractivity (Wildman–Crippen MR) is 82.7 cm³/mol.